The topological polar surface area (TPSA) is 284 Å². The van der Waals surface area contributed by atoms with Gasteiger partial charge in [0.05, 0.1) is 5.97 Å². The van der Waals surface area contributed by atoms with Crippen LogP contribution in [-0.2, 0) is 14.4 Å². The van der Waals surface area contributed by atoms with E-state index >= 15 is 0 Å². The Labute approximate surface area is 106 Å². The van der Waals surface area contributed by atoms with Crippen LogP contribution in [0.15, 0.2) is 0 Å². The first-order chi connectivity index (χ1) is 8.78. The van der Waals surface area contributed by atoms with Gasteiger partial charge < -0.3 is 34.8 Å². The quantitative estimate of drug-likeness (QED) is 0.234. The summed E-state index contributed by atoms with van der Waals surface area (Å²) in [5, 5.41) is 59.2. The van der Waals surface area contributed by atoms with Crippen molar-refractivity contribution in [1.82, 2.24) is 0 Å². The van der Waals surface area contributed by atoms with Crippen LogP contribution in [0.2, 0.25) is 0 Å². The Morgan fingerprint density at radius 3 is 1.11 bits per heavy atom. The Hall–Kier alpha value is -1.87. The summed E-state index contributed by atoms with van der Waals surface area (Å²) in [6.45, 7) is 0. The van der Waals surface area contributed by atoms with Gasteiger partial charge in [-0.15, -0.1) is 0 Å². The molecule has 0 aromatic heterocycles. The van der Waals surface area contributed by atoms with Crippen molar-refractivity contribution in [3.05, 3.63) is 0 Å². The summed E-state index contributed by atoms with van der Waals surface area (Å²) in [5.74, 6) is 0.766. The number of hydrogen-bond acceptors (Lipinski definition) is 10. The number of rotatable bonds is 5. The molecule has 0 saturated heterocycles. The normalized spacial score (nSPS) is 8.37. The molecule has 0 aliphatic carbocycles. The lowest BCUT2D eigenvalue weighted by atomic mass is 9.96. The number of aliphatic carboxylic acids is 3. The van der Waals surface area contributed by atoms with Crippen LogP contribution < -0.4 is 33.0 Å². The highest BCUT2D eigenvalue weighted by Crippen LogP contribution is 2.13. The summed E-state index contributed by atoms with van der Waals surface area (Å²) in [4.78, 5) is 30.0. The van der Waals surface area contributed by atoms with Gasteiger partial charge >= 0.3 is 0 Å². The van der Waals surface area contributed by atoms with E-state index in [9.17, 15) is 29.7 Å². The molecule has 0 atom stereocenters. The Kier molecular flexibility index (Phi) is 21.9. The highest BCUT2D eigenvalue weighted by Gasteiger charge is 2.29. The van der Waals surface area contributed by atoms with Gasteiger partial charge in [-0.05, 0) is 0 Å². The minimum atomic E-state index is -2.97. The highest BCUT2D eigenvalue weighted by molar-refractivity contribution is 5.86. The van der Waals surface area contributed by atoms with Crippen LogP contribution in [0.3, 0.4) is 0 Å². The molecule has 0 saturated carbocycles. The van der Waals surface area contributed by atoms with Gasteiger partial charge in [-0.2, -0.15) is 0 Å². The van der Waals surface area contributed by atoms with Crippen LogP contribution in [0, 0.1) is 0 Å². The van der Waals surface area contributed by atoms with Gasteiger partial charge in [-0.25, -0.2) is 33.3 Å². The smallest absolute Gasteiger partial charge is 0.114 e. The molecule has 0 unspecified atom stereocenters. The maximum atomic E-state index is 10.1. The first-order valence-electron chi connectivity index (χ1n) is 4.06. The lowest BCUT2D eigenvalue weighted by Crippen LogP contribution is -2.54. The number of hydrogen-bond donors (Lipinski definition) is 7. The zero-order valence-corrected chi connectivity index (χ0v) is 9.77. The third kappa shape index (κ3) is 16.1. The van der Waals surface area contributed by atoms with E-state index in [4.69, 9.17) is 20.7 Å². The number of quaternary nitrogens is 3. The summed E-state index contributed by atoms with van der Waals surface area (Å²) >= 11 is 0. The van der Waals surface area contributed by atoms with E-state index in [1.165, 1.54) is 0 Å². The fourth-order valence-electron chi connectivity index (χ4n) is 0.684. The summed E-state index contributed by atoms with van der Waals surface area (Å²) < 4.78 is 0. The summed E-state index contributed by atoms with van der Waals surface area (Å²) in [6, 6.07) is 0. The van der Waals surface area contributed by atoms with E-state index in [0.717, 1.165) is 0 Å². The second-order valence-electron chi connectivity index (χ2n) is 2.42. The second kappa shape index (κ2) is 16.1. The highest BCUT2D eigenvalue weighted by atomic mass is 16.4. The predicted molar refractivity (Wildman–Crippen MR) is 43.2 cm³/mol. The molecule has 0 amide bonds. The van der Waals surface area contributed by atoms with Gasteiger partial charge in [0, 0.05) is 24.8 Å². The monoisotopic (exact) mass is 291 g/mol. The maximum Gasteiger partial charge on any atom is 0.114 e. The van der Waals surface area contributed by atoms with Crippen molar-refractivity contribution in [2.24, 2.45) is 0 Å². The molecule has 0 bridgehead atoms. The van der Waals surface area contributed by atoms with E-state index < -0.39 is 36.4 Å². The fourth-order valence-corrected chi connectivity index (χ4v) is 0.684. The number of aliphatic hydroxyl groups is 1. The average Bonchev–Trinajstić information content (AvgIpc) is 2.34. The van der Waals surface area contributed by atoms with E-state index in [1.54, 1.807) is 0 Å². The lowest BCUT2D eigenvalue weighted by Gasteiger charge is -2.29. The molecule has 0 heterocycles. The molecule has 0 aliphatic rings. The Balaban J connectivity index is -0.000000163. The van der Waals surface area contributed by atoms with Crippen LogP contribution in [0.25, 0.3) is 0 Å². The zero-order valence-electron chi connectivity index (χ0n) is 9.77. The Bertz CT molecular complexity index is 242. The molecule has 0 aromatic carbocycles. The molecule has 13 heteroatoms. The largest absolute Gasteiger partial charge is 0.550 e. The molecular formula is C6H17N3O10. The van der Waals surface area contributed by atoms with Crippen molar-refractivity contribution in [1.29, 1.82) is 0 Å². The number of carbonyl (C=O) groups is 3. The van der Waals surface area contributed by atoms with E-state index in [2.05, 4.69) is 17.7 Å². The maximum absolute atomic E-state index is 10.1. The van der Waals surface area contributed by atoms with Gasteiger partial charge in [-0.3, -0.25) is 0 Å². The third-order valence-corrected chi connectivity index (χ3v) is 1.25. The molecule has 0 aliphatic heterocycles. The number of carboxylic acid groups (broad SMARTS) is 3. The molecule has 19 heavy (non-hydrogen) atoms. The SMILES string of the molecule is O=C([O-])CC(O)(CC(=O)[O-])C(=O)[O-].[NH3+]O.[NH3+]O.[NH3+]O. The van der Waals surface area contributed by atoms with Crippen molar-refractivity contribution in [2.45, 2.75) is 18.4 Å². The van der Waals surface area contributed by atoms with Gasteiger partial charge in [0.1, 0.15) is 5.60 Å². The molecular weight excluding hydrogens is 274 g/mol. The first kappa shape index (κ1) is 25.9. The Morgan fingerprint density at radius 1 is 0.789 bits per heavy atom. The Morgan fingerprint density at radius 2 is 1.00 bits per heavy atom. The van der Waals surface area contributed by atoms with Crippen molar-refractivity contribution in [2.75, 3.05) is 0 Å². The van der Waals surface area contributed by atoms with Crippen LogP contribution >= 0.6 is 0 Å². The van der Waals surface area contributed by atoms with Gasteiger partial charge in [0.25, 0.3) is 0 Å². The first-order valence-corrected chi connectivity index (χ1v) is 4.06. The zero-order chi connectivity index (χ0) is 16.6. The summed E-state index contributed by atoms with van der Waals surface area (Å²) in [6.07, 6.45) is -2.72. The molecule has 116 valence electrons. The van der Waals surface area contributed by atoms with Crippen LogP contribution in [0.4, 0.5) is 0 Å². The molecule has 0 radical (unpaired) electrons. The third-order valence-electron chi connectivity index (χ3n) is 1.25. The molecule has 0 aromatic rings. The minimum Gasteiger partial charge on any atom is -0.550 e. The van der Waals surface area contributed by atoms with Crippen LogP contribution in [0.1, 0.15) is 12.8 Å². The van der Waals surface area contributed by atoms with Gasteiger partial charge in [-0.1, -0.05) is 0 Å². The van der Waals surface area contributed by atoms with Crippen molar-refractivity contribution < 1.29 is 68.1 Å². The summed E-state index contributed by atoms with van der Waals surface area (Å²) in [7, 11) is 0. The van der Waals surface area contributed by atoms with Crippen molar-refractivity contribution in [3.8, 4) is 0 Å². The van der Waals surface area contributed by atoms with Crippen LogP contribution in [-0.4, -0.2) is 44.2 Å². The summed E-state index contributed by atoms with van der Waals surface area (Å²) in [5.41, 5.74) is -2.97. The van der Waals surface area contributed by atoms with E-state index in [1.807, 2.05) is 0 Å². The lowest BCUT2D eigenvalue weighted by molar-refractivity contribution is -0.670. The van der Waals surface area contributed by atoms with E-state index in [-0.39, 0.29) is 0 Å². The fraction of sp³-hybridized carbons (Fsp3) is 0.500. The standard InChI is InChI=1S/C6H8O7.3H4NO/c7-3(8)1-6(13,5(11)12)2-4(9)10;3*1-2/h13H,1-2H2,(H,7,8)(H,9,10)(H,11,12);3*2H,1H3/q;3*+1/p-3. The van der Waals surface area contributed by atoms with Gasteiger partial charge in [0.2, 0.25) is 0 Å². The van der Waals surface area contributed by atoms with Crippen LogP contribution in [0.5, 0.6) is 0 Å². The predicted octanol–water partition coefficient (Wildman–Crippen LogP) is -9.40. The second-order valence-corrected chi connectivity index (χ2v) is 2.42. The number of carbonyl (C=O) groups excluding carboxylic acids is 3. The number of carboxylic acids is 3. The van der Waals surface area contributed by atoms with Crippen molar-refractivity contribution >= 4 is 17.9 Å². The minimum absolute atomic E-state index is 1.36. The average molecular weight is 291 g/mol. The molecule has 13 nitrogen and oxygen atoms in total. The molecule has 0 spiro atoms. The molecule has 0 fully saturated rings. The van der Waals surface area contributed by atoms with Gasteiger partial charge in [0.15, 0.2) is 0 Å². The molecule has 13 N–H and O–H groups in total. The van der Waals surface area contributed by atoms with E-state index in [0.29, 0.717) is 0 Å². The molecule has 0 rings (SSSR count). The van der Waals surface area contributed by atoms with Crippen molar-refractivity contribution in [3.63, 3.8) is 0 Å².